The number of piperidine rings is 3. The molecule has 130 valence electrons. The van der Waals surface area contributed by atoms with Crippen molar-refractivity contribution in [2.45, 2.75) is 43.9 Å². The summed E-state index contributed by atoms with van der Waals surface area (Å²) in [4.78, 5) is 18.4. The molecule has 0 saturated carbocycles. The second kappa shape index (κ2) is 5.26. The quantitative estimate of drug-likeness (QED) is 0.931. The van der Waals surface area contributed by atoms with E-state index in [1.807, 2.05) is 12.3 Å². The van der Waals surface area contributed by atoms with Gasteiger partial charge in [0.25, 0.3) is 0 Å². The Hall–Kier alpha value is -1.98. The Kier molecular flexibility index (Phi) is 3.21. The molecule has 1 unspecified atom stereocenters. The minimum absolute atomic E-state index is 0.000190. The fourth-order valence-electron chi connectivity index (χ4n) is 5.28. The first-order valence-electron chi connectivity index (χ1n) is 9.15. The van der Waals surface area contributed by atoms with Crippen molar-refractivity contribution in [3.8, 4) is 0 Å². The Morgan fingerprint density at radius 2 is 2.32 bits per heavy atom. The highest BCUT2D eigenvalue weighted by Gasteiger charge is 2.58. The molecule has 0 spiro atoms. The predicted molar refractivity (Wildman–Crippen MR) is 93.6 cm³/mol. The van der Waals surface area contributed by atoms with Crippen LogP contribution in [0.4, 0.5) is 0 Å². The van der Waals surface area contributed by atoms with Crippen molar-refractivity contribution in [3.05, 3.63) is 41.6 Å². The Bertz CT molecular complexity index is 867. The van der Waals surface area contributed by atoms with Crippen molar-refractivity contribution >= 4 is 16.9 Å². The van der Waals surface area contributed by atoms with Crippen molar-refractivity contribution in [1.82, 2.24) is 9.88 Å². The third-order valence-corrected chi connectivity index (χ3v) is 6.61. The molecule has 6 heterocycles. The van der Waals surface area contributed by atoms with Crippen LogP contribution in [0.1, 0.15) is 48.2 Å². The molecule has 5 aliphatic heterocycles. The highest BCUT2D eigenvalue weighted by atomic mass is 16.5. The number of nitrogens with zero attached hydrogens (tertiary/aromatic N) is 2. The first-order chi connectivity index (χ1) is 12.1. The van der Waals surface area contributed by atoms with Gasteiger partial charge in [-0.2, -0.15) is 0 Å². The number of hydrogen-bond acceptors (Lipinski definition) is 4. The molecular formula is C20H22N2O3. The van der Waals surface area contributed by atoms with E-state index < -0.39 is 5.97 Å². The van der Waals surface area contributed by atoms with Crippen molar-refractivity contribution in [3.63, 3.8) is 0 Å². The molecule has 5 atom stereocenters. The predicted octanol–water partition coefficient (Wildman–Crippen LogP) is 3.25. The number of morpholine rings is 1. The van der Waals surface area contributed by atoms with Crippen LogP contribution in [0.2, 0.25) is 0 Å². The van der Waals surface area contributed by atoms with Crippen LogP contribution in [-0.4, -0.2) is 45.7 Å². The minimum atomic E-state index is -0.907. The van der Waals surface area contributed by atoms with E-state index in [1.165, 1.54) is 12.8 Å². The molecule has 5 nitrogen and oxygen atoms in total. The molecule has 2 aromatic rings. The van der Waals surface area contributed by atoms with E-state index in [0.29, 0.717) is 17.5 Å². The molecule has 0 amide bonds. The smallest absolute Gasteiger partial charge is 0.335 e. The first-order valence-corrected chi connectivity index (χ1v) is 9.15. The number of aromatic nitrogens is 1. The molecule has 7 rings (SSSR count). The van der Waals surface area contributed by atoms with Gasteiger partial charge in [-0.3, -0.25) is 9.88 Å². The van der Waals surface area contributed by atoms with E-state index >= 15 is 0 Å². The summed E-state index contributed by atoms with van der Waals surface area (Å²) < 4.78 is 6.73. The molecule has 5 saturated heterocycles. The van der Waals surface area contributed by atoms with Crippen molar-refractivity contribution < 1.29 is 14.6 Å². The molecular weight excluding hydrogens is 316 g/mol. The fourth-order valence-corrected chi connectivity index (χ4v) is 5.28. The number of hydrogen-bond donors (Lipinski definition) is 1. The number of rotatable bonds is 3. The highest BCUT2D eigenvalue weighted by Crippen LogP contribution is 2.54. The number of carboxylic acid groups (broad SMARTS) is 1. The van der Waals surface area contributed by atoms with Gasteiger partial charge in [-0.25, -0.2) is 4.79 Å². The summed E-state index contributed by atoms with van der Waals surface area (Å²) in [6.45, 7) is 4.42. The van der Waals surface area contributed by atoms with Crippen LogP contribution in [0.3, 0.4) is 0 Å². The molecule has 1 aromatic heterocycles. The SMILES string of the molecule is CC[C@]12CN3CC[C@H]1C[C@@H]3[C@H](c1ccnc3ccc(C(=O)O)cc13)O2. The average molecular weight is 338 g/mol. The lowest BCUT2D eigenvalue weighted by atomic mass is 9.66. The molecule has 5 fully saturated rings. The Balaban J connectivity index is 1.64. The average Bonchev–Trinajstić information content (AvgIpc) is 2.66. The molecule has 1 N–H and O–H groups in total. The van der Waals surface area contributed by atoms with Crippen molar-refractivity contribution in [2.24, 2.45) is 5.92 Å². The van der Waals surface area contributed by atoms with Gasteiger partial charge in [0.2, 0.25) is 0 Å². The van der Waals surface area contributed by atoms with E-state index in [4.69, 9.17) is 4.74 Å². The zero-order valence-corrected chi connectivity index (χ0v) is 14.3. The largest absolute Gasteiger partial charge is 0.478 e. The van der Waals surface area contributed by atoms with E-state index in [1.54, 1.807) is 18.2 Å². The van der Waals surface area contributed by atoms with Gasteiger partial charge in [0.15, 0.2) is 0 Å². The van der Waals surface area contributed by atoms with Crippen molar-refractivity contribution in [2.75, 3.05) is 13.1 Å². The number of benzene rings is 1. The highest BCUT2D eigenvalue weighted by molar-refractivity contribution is 5.94. The van der Waals surface area contributed by atoms with E-state index in [2.05, 4.69) is 16.8 Å². The molecule has 1 aromatic carbocycles. The third kappa shape index (κ3) is 2.09. The summed E-state index contributed by atoms with van der Waals surface area (Å²) in [7, 11) is 0. The Labute approximate surface area is 146 Å². The minimum Gasteiger partial charge on any atom is -0.478 e. The summed E-state index contributed by atoms with van der Waals surface area (Å²) >= 11 is 0. The molecule has 25 heavy (non-hydrogen) atoms. The van der Waals surface area contributed by atoms with Crippen molar-refractivity contribution in [1.29, 1.82) is 0 Å². The number of carboxylic acids is 1. The fraction of sp³-hybridized carbons (Fsp3) is 0.500. The van der Waals surface area contributed by atoms with Gasteiger partial charge >= 0.3 is 5.97 Å². The van der Waals surface area contributed by atoms with Crippen LogP contribution in [0, 0.1) is 5.92 Å². The Morgan fingerprint density at radius 3 is 3.04 bits per heavy atom. The standard InChI is InChI=1S/C20H22N2O3/c1-2-20-11-22-8-6-13(20)10-17(22)18(25-20)14-5-7-21-16-4-3-12(19(23)24)9-15(14)16/h3-5,7,9,13,17-18H,2,6,8,10-11H2,1H3,(H,23,24)/t13-,17+,18-,20-/m0/s1. The first kappa shape index (κ1) is 15.3. The number of ether oxygens (including phenoxy) is 1. The van der Waals surface area contributed by atoms with Gasteiger partial charge in [0, 0.05) is 24.2 Å². The summed E-state index contributed by atoms with van der Waals surface area (Å²) in [5, 5.41) is 10.3. The van der Waals surface area contributed by atoms with Gasteiger partial charge in [-0.15, -0.1) is 0 Å². The summed E-state index contributed by atoms with van der Waals surface area (Å²) in [6.07, 6.45) is 5.26. The van der Waals surface area contributed by atoms with Gasteiger partial charge in [-0.1, -0.05) is 6.92 Å². The van der Waals surface area contributed by atoms with Crippen LogP contribution in [0.5, 0.6) is 0 Å². The lowest BCUT2D eigenvalue weighted by Gasteiger charge is -2.64. The van der Waals surface area contributed by atoms with Crippen LogP contribution in [0.15, 0.2) is 30.5 Å². The summed E-state index contributed by atoms with van der Waals surface area (Å²) in [5.74, 6) is -0.248. The maximum atomic E-state index is 11.4. The van der Waals surface area contributed by atoms with Crippen LogP contribution < -0.4 is 0 Å². The van der Waals surface area contributed by atoms with Crippen LogP contribution in [0.25, 0.3) is 10.9 Å². The van der Waals surface area contributed by atoms with Crippen LogP contribution >= 0.6 is 0 Å². The van der Waals surface area contributed by atoms with Gasteiger partial charge in [0.1, 0.15) is 0 Å². The maximum Gasteiger partial charge on any atom is 0.335 e. The molecule has 5 aliphatic rings. The van der Waals surface area contributed by atoms with Gasteiger partial charge < -0.3 is 9.84 Å². The summed E-state index contributed by atoms with van der Waals surface area (Å²) in [6, 6.07) is 7.57. The third-order valence-electron chi connectivity index (χ3n) is 6.61. The zero-order chi connectivity index (χ0) is 17.2. The van der Waals surface area contributed by atoms with E-state index in [-0.39, 0.29) is 11.7 Å². The molecule has 5 heteroatoms. The number of pyridine rings is 1. The molecule has 4 bridgehead atoms. The molecule has 0 aliphatic carbocycles. The topological polar surface area (TPSA) is 62.7 Å². The lowest BCUT2D eigenvalue weighted by molar-refractivity contribution is -0.274. The second-order valence-electron chi connectivity index (χ2n) is 7.65. The van der Waals surface area contributed by atoms with Gasteiger partial charge in [0.05, 0.1) is 22.8 Å². The number of fused-ring (bicyclic) bond motifs is 3. The number of aromatic carboxylic acids is 1. The van der Waals surface area contributed by atoms with E-state index in [9.17, 15) is 9.90 Å². The second-order valence-corrected chi connectivity index (χ2v) is 7.65. The monoisotopic (exact) mass is 338 g/mol. The number of carbonyl (C=O) groups is 1. The Morgan fingerprint density at radius 1 is 1.44 bits per heavy atom. The normalized spacial score (nSPS) is 36.0. The van der Waals surface area contributed by atoms with E-state index in [0.717, 1.165) is 36.0 Å². The van der Waals surface area contributed by atoms with Gasteiger partial charge in [-0.05, 0) is 61.6 Å². The molecule has 0 radical (unpaired) electrons. The van der Waals surface area contributed by atoms with Crippen LogP contribution in [-0.2, 0) is 4.74 Å². The zero-order valence-electron chi connectivity index (χ0n) is 14.3. The lowest BCUT2D eigenvalue weighted by Crippen LogP contribution is -2.70. The maximum absolute atomic E-state index is 11.4. The summed E-state index contributed by atoms with van der Waals surface area (Å²) in [5.41, 5.74) is 2.17.